The van der Waals surface area contributed by atoms with Crippen molar-refractivity contribution in [2.75, 3.05) is 13.2 Å². The number of hydrogen-bond donors (Lipinski definition) is 1. The van der Waals surface area contributed by atoms with E-state index >= 15 is 4.39 Å². The van der Waals surface area contributed by atoms with Crippen LogP contribution in [0.3, 0.4) is 0 Å². The number of rotatable bonds is 7. The summed E-state index contributed by atoms with van der Waals surface area (Å²) in [6.45, 7) is 3.74. The third-order valence-electron chi connectivity index (χ3n) is 6.32. The van der Waals surface area contributed by atoms with Crippen molar-refractivity contribution in [1.29, 1.82) is 0 Å². The average molecular weight is 442 g/mol. The first-order chi connectivity index (χ1) is 16.2. The highest BCUT2D eigenvalue weighted by atomic mass is 19.1. The Kier molecular flexibility index (Phi) is 6.27. The van der Waals surface area contributed by atoms with Crippen molar-refractivity contribution >= 4 is 10.8 Å². The summed E-state index contributed by atoms with van der Waals surface area (Å²) in [4.78, 5) is 0. The summed E-state index contributed by atoms with van der Waals surface area (Å²) in [5.41, 5.74) is 2.95. The maximum atomic E-state index is 15.3. The van der Waals surface area contributed by atoms with E-state index in [1.54, 1.807) is 6.07 Å². The predicted octanol–water partition coefficient (Wildman–Crippen LogP) is 6.45. The molecule has 1 N–H and O–H groups in total. The molecule has 0 aromatic heterocycles. The van der Waals surface area contributed by atoms with Crippen LogP contribution in [0.1, 0.15) is 36.0 Å². The molecule has 2 atom stereocenters. The first-order valence-corrected chi connectivity index (χ1v) is 11.6. The van der Waals surface area contributed by atoms with Gasteiger partial charge in [0.2, 0.25) is 0 Å². The van der Waals surface area contributed by atoms with Gasteiger partial charge < -0.3 is 14.8 Å². The zero-order valence-corrected chi connectivity index (χ0v) is 18.8. The zero-order chi connectivity index (χ0) is 22.6. The van der Waals surface area contributed by atoms with Gasteiger partial charge in [0.15, 0.2) is 11.6 Å². The molecule has 4 heteroatoms. The highest BCUT2D eigenvalue weighted by Crippen LogP contribution is 2.42. The Morgan fingerprint density at radius 1 is 0.909 bits per heavy atom. The van der Waals surface area contributed by atoms with Crippen LogP contribution in [0.15, 0.2) is 84.9 Å². The summed E-state index contributed by atoms with van der Waals surface area (Å²) in [5, 5.41) is 6.07. The van der Waals surface area contributed by atoms with E-state index in [-0.39, 0.29) is 17.8 Å². The molecule has 168 valence electrons. The lowest BCUT2D eigenvalue weighted by atomic mass is 9.83. The summed E-state index contributed by atoms with van der Waals surface area (Å²) in [7, 11) is 0. The smallest absolute Gasteiger partial charge is 0.168 e. The topological polar surface area (TPSA) is 30.5 Å². The molecule has 0 aliphatic carbocycles. The van der Waals surface area contributed by atoms with Gasteiger partial charge in [0, 0.05) is 24.6 Å². The number of hydrogen-bond acceptors (Lipinski definition) is 3. The number of benzene rings is 4. The van der Waals surface area contributed by atoms with E-state index < -0.39 is 0 Å². The molecule has 1 aliphatic heterocycles. The fourth-order valence-electron chi connectivity index (χ4n) is 4.79. The molecule has 3 nitrogen and oxygen atoms in total. The molecule has 1 heterocycles. The van der Waals surface area contributed by atoms with Gasteiger partial charge >= 0.3 is 0 Å². The van der Waals surface area contributed by atoms with Crippen LogP contribution >= 0.6 is 0 Å². The van der Waals surface area contributed by atoms with Crippen molar-refractivity contribution in [2.45, 2.75) is 31.9 Å². The van der Waals surface area contributed by atoms with Gasteiger partial charge in [0.05, 0.1) is 6.61 Å². The first-order valence-electron chi connectivity index (χ1n) is 11.6. The summed E-state index contributed by atoms with van der Waals surface area (Å²) in [5.74, 6) is 0.778. The quantitative estimate of drug-likeness (QED) is 0.357. The van der Waals surface area contributed by atoms with Crippen LogP contribution in [-0.2, 0) is 6.54 Å². The highest BCUT2D eigenvalue weighted by Gasteiger charge is 2.31. The second kappa shape index (κ2) is 9.63. The summed E-state index contributed by atoms with van der Waals surface area (Å²) >= 11 is 0. The Hall–Kier alpha value is -3.37. The van der Waals surface area contributed by atoms with Gasteiger partial charge in [-0.15, -0.1) is 0 Å². The van der Waals surface area contributed by atoms with Crippen molar-refractivity contribution in [1.82, 2.24) is 5.32 Å². The molecule has 0 bridgehead atoms. The molecule has 0 fully saturated rings. The van der Waals surface area contributed by atoms with E-state index in [4.69, 9.17) is 9.47 Å². The normalized spacial score (nSPS) is 17.4. The monoisotopic (exact) mass is 441 g/mol. The molecule has 0 saturated carbocycles. The molecule has 4 aromatic rings. The molecule has 0 spiro atoms. The van der Waals surface area contributed by atoms with Crippen LogP contribution in [0.5, 0.6) is 11.5 Å². The van der Waals surface area contributed by atoms with Crippen molar-refractivity contribution in [3.63, 3.8) is 0 Å². The lowest BCUT2D eigenvalue weighted by Crippen LogP contribution is -2.35. The molecule has 4 aromatic carbocycles. The van der Waals surface area contributed by atoms with Crippen LogP contribution in [0.2, 0.25) is 0 Å². The Morgan fingerprint density at radius 3 is 2.58 bits per heavy atom. The van der Waals surface area contributed by atoms with Gasteiger partial charge in [-0.1, -0.05) is 72.8 Å². The SMILES string of the molecule is CCOc1cccc(C2CC(CNCc3cccc4ccccc34)Oc3ccccc32)c1F. The van der Waals surface area contributed by atoms with E-state index in [2.05, 4.69) is 47.8 Å². The minimum atomic E-state index is -0.275. The number of ether oxygens (including phenoxy) is 2. The van der Waals surface area contributed by atoms with Gasteiger partial charge in [-0.2, -0.15) is 0 Å². The third-order valence-corrected chi connectivity index (χ3v) is 6.32. The van der Waals surface area contributed by atoms with Gasteiger partial charge in [0.1, 0.15) is 11.9 Å². The Bertz CT molecular complexity index is 1250. The fourth-order valence-corrected chi connectivity index (χ4v) is 4.79. The molecule has 0 radical (unpaired) electrons. The molecular formula is C29H28FNO2. The summed E-state index contributed by atoms with van der Waals surface area (Å²) in [6.07, 6.45) is 0.640. The molecule has 0 amide bonds. The lowest BCUT2D eigenvalue weighted by molar-refractivity contribution is 0.161. The van der Waals surface area contributed by atoms with E-state index in [0.717, 1.165) is 17.9 Å². The zero-order valence-electron chi connectivity index (χ0n) is 18.8. The molecule has 5 rings (SSSR count). The van der Waals surface area contributed by atoms with Crippen molar-refractivity contribution < 1.29 is 13.9 Å². The second-order valence-electron chi connectivity index (χ2n) is 8.43. The highest BCUT2D eigenvalue weighted by molar-refractivity contribution is 5.85. The Labute approximate surface area is 194 Å². The number of para-hydroxylation sites is 1. The number of nitrogens with one attached hydrogen (secondary N) is 1. The van der Waals surface area contributed by atoms with E-state index in [1.165, 1.54) is 16.3 Å². The Morgan fingerprint density at radius 2 is 1.67 bits per heavy atom. The van der Waals surface area contributed by atoms with Crippen LogP contribution in [0, 0.1) is 5.82 Å². The predicted molar refractivity (Wildman–Crippen MR) is 131 cm³/mol. The van der Waals surface area contributed by atoms with E-state index in [1.807, 2.05) is 43.3 Å². The largest absolute Gasteiger partial charge is 0.491 e. The maximum absolute atomic E-state index is 15.3. The molecule has 33 heavy (non-hydrogen) atoms. The number of halogens is 1. The van der Waals surface area contributed by atoms with E-state index in [0.29, 0.717) is 30.9 Å². The Balaban J connectivity index is 1.36. The number of fused-ring (bicyclic) bond motifs is 2. The van der Waals surface area contributed by atoms with Crippen molar-refractivity contribution in [2.24, 2.45) is 0 Å². The molecule has 2 unspecified atom stereocenters. The van der Waals surface area contributed by atoms with Crippen LogP contribution < -0.4 is 14.8 Å². The van der Waals surface area contributed by atoms with Crippen LogP contribution in [0.4, 0.5) is 4.39 Å². The van der Waals surface area contributed by atoms with Crippen LogP contribution in [0.25, 0.3) is 10.8 Å². The van der Waals surface area contributed by atoms with Crippen LogP contribution in [-0.4, -0.2) is 19.3 Å². The minimum Gasteiger partial charge on any atom is -0.491 e. The average Bonchev–Trinajstić information content (AvgIpc) is 2.85. The molecule has 1 aliphatic rings. The summed E-state index contributed by atoms with van der Waals surface area (Å²) < 4.78 is 27.1. The van der Waals surface area contributed by atoms with Gasteiger partial charge in [-0.05, 0) is 47.4 Å². The fraction of sp³-hybridized carbons (Fsp3) is 0.241. The van der Waals surface area contributed by atoms with Gasteiger partial charge in [0.25, 0.3) is 0 Å². The standard InChI is InChI=1S/C29H28FNO2/c1-2-32-28-16-8-14-25(29(28)30)26-17-22(33-27-15-6-5-13-24(26)27)19-31-18-21-11-7-10-20-9-3-4-12-23(20)21/h3-16,22,26,31H,2,17-19H2,1H3. The van der Waals surface area contributed by atoms with Gasteiger partial charge in [-0.3, -0.25) is 0 Å². The van der Waals surface area contributed by atoms with E-state index in [9.17, 15) is 0 Å². The maximum Gasteiger partial charge on any atom is 0.168 e. The summed E-state index contributed by atoms with van der Waals surface area (Å²) in [6, 6.07) is 28.2. The lowest BCUT2D eigenvalue weighted by Gasteiger charge is -2.33. The second-order valence-corrected chi connectivity index (χ2v) is 8.43. The van der Waals surface area contributed by atoms with Gasteiger partial charge in [-0.25, -0.2) is 4.39 Å². The van der Waals surface area contributed by atoms with Crippen molar-refractivity contribution in [3.05, 3.63) is 107 Å². The third kappa shape index (κ3) is 4.44. The first kappa shape index (κ1) is 21.5. The minimum absolute atomic E-state index is 0.0602. The molecular weight excluding hydrogens is 413 g/mol. The van der Waals surface area contributed by atoms with Crippen molar-refractivity contribution in [3.8, 4) is 11.5 Å². The molecule has 0 saturated heterocycles.